The molecule has 1 aliphatic heterocycles. The maximum absolute atomic E-state index is 6.48. The summed E-state index contributed by atoms with van der Waals surface area (Å²) in [5.41, 5.74) is 1.56. The summed E-state index contributed by atoms with van der Waals surface area (Å²) >= 11 is 6.48. The van der Waals surface area contributed by atoms with E-state index in [1.54, 1.807) is 0 Å². The van der Waals surface area contributed by atoms with Gasteiger partial charge in [-0.3, -0.25) is 0 Å². The topological polar surface area (TPSA) is 21.3 Å². The molecule has 2 fully saturated rings. The van der Waals surface area contributed by atoms with Crippen LogP contribution < -0.4 is 5.32 Å². The molecule has 1 aromatic carbocycles. The molecule has 0 aromatic heterocycles. The molecule has 2 aliphatic rings. The number of methoxy groups -OCH3 is 1. The molecule has 1 heterocycles. The van der Waals surface area contributed by atoms with Crippen LogP contribution in [0.4, 0.5) is 0 Å². The lowest BCUT2D eigenvalue weighted by atomic mass is 9.59. The molecule has 0 radical (unpaired) electrons. The van der Waals surface area contributed by atoms with Crippen LogP contribution in [0.25, 0.3) is 0 Å². The monoisotopic (exact) mass is 293 g/mol. The summed E-state index contributed by atoms with van der Waals surface area (Å²) in [5.74, 6) is 0.468. The summed E-state index contributed by atoms with van der Waals surface area (Å²) in [7, 11) is 1.88. The van der Waals surface area contributed by atoms with Gasteiger partial charge in [-0.25, -0.2) is 0 Å². The van der Waals surface area contributed by atoms with Crippen LogP contribution in [-0.2, 0) is 4.74 Å². The van der Waals surface area contributed by atoms with Crippen LogP contribution >= 0.6 is 11.6 Å². The number of halogens is 1. The van der Waals surface area contributed by atoms with E-state index in [1.807, 2.05) is 19.2 Å². The second-order valence-electron chi connectivity index (χ2n) is 6.23. The maximum Gasteiger partial charge on any atom is 0.0634 e. The van der Waals surface area contributed by atoms with E-state index < -0.39 is 0 Å². The van der Waals surface area contributed by atoms with E-state index in [4.69, 9.17) is 16.3 Å². The Morgan fingerprint density at radius 2 is 2.10 bits per heavy atom. The van der Waals surface area contributed by atoms with Crippen molar-refractivity contribution in [2.75, 3.05) is 20.2 Å². The van der Waals surface area contributed by atoms with Crippen molar-refractivity contribution in [1.82, 2.24) is 5.32 Å². The normalized spacial score (nSPS) is 34.3. The van der Waals surface area contributed by atoms with Gasteiger partial charge in [0.2, 0.25) is 0 Å². The van der Waals surface area contributed by atoms with Crippen molar-refractivity contribution in [2.24, 2.45) is 5.41 Å². The number of nitrogens with one attached hydrogen (secondary N) is 1. The molecule has 1 N–H and O–H groups in total. The Bertz CT molecular complexity index is 458. The summed E-state index contributed by atoms with van der Waals surface area (Å²) in [6, 6.07) is 8.34. The predicted molar refractivity (Wildman–Crippen MR) is 83.4 cm³/mol. The van der Waals surface area contributed by atoms with E-state index in [-0.39, 0.29) is 5.41 Å². The Morgan fingerprint density at radius 1 is 1.25 bits per heavy atom. The molecule has 20 heavy (non-hydrogen) atoms. The van der Waals surface area contributed by atoms with Gasteiger partial charge in [-0.1, -0.05) is 42.6 Å². The number of ether oxygens (including phenoxy) is 1. The number of piperidine rings is 1. The highest BCUT2D eigenvalue weighted by Crippen LogP contribution is 2.52. The van der Waals surface area contributed by atoms with E-state index >= 15 is 0 Å². The van der Waals surface area contributed by atoms with Gasteiger partial charge in [0.15, 0.2) is 0 Å². The molecule has 1 aliphatic carbocycles. The van der Waals surface area contributed by atoms with Crippen LogP contribution in [0.5, 0.6) is 0 Å². The zero-order chi connectivity index (χ0) is 14.0. The highest BCUT2D eigenvalue weighted by Gasteiger charge is 2.49. The van der Waals surface area contributed by atoms with Crippen LogP contribution in [-0.4, -0.2) is 26.3 Å². The average molecular weight is 294 g/mol. The molecule has 0 bridgehead atoms. The summed E-state index contributed by atoms with van der Waals surface area (Å²) in [6.45, 7) is 2.12. The van der Waals surface area contributed by atoms with Crippen molar-refractivity contribution in [3.63, 3.8) is 0 Å². The van der Waals surface area contributed by atoms with E-state index in [2.05, 4.69) is 17.4 Å². The minimum absolute atomic E-state index is 0.267. The van der Waals surface area contributed by atoms with E-state index in [9.17, 15) is 0 Å². The molecule has 3 rings (SSSR count). The van der Waals surface area contributed by atoms with Crippen LogP contribution in [0.3, 0.4) is 0 Å². The first-order chi connectivity index (χ1) is 9.78. The molecule has 2 nitrogen and oxygen atoms in total. The first-order valence-electron chi connectivity index (χ1n) is 7.76. The number of hydrogen-bond donors (Lipinski definition) is 1. The van der Waals surface area contributed by atoms with Gasteiger partial charge < -0.3 is 10.1 Å². The summed E-state index contributed by atoms with van der Waals surface area (Å²) in [5, 5.41) is 4.47. The van der Waals surface area contributed by atoms with Crippen molar-refractivity contribution >= 4 is 11.6 Å². The lowest BCUT2D eigenvalue weighted by molar-refractivity contribution is -0.0717. The predicted octanol–water partition coefficient (Wildman–Crippen LogP) is 3.99. The largest absolute Gasteiger partial charge is 0.381 e. The zero-order valence-electron chi connectivity index (χ0n) is 12.2. The number of benzene rings is 1. The van der Waals surface area contributed by atoms with Crippen LogP contribution in [0.2, 0.25) is 5.02 Å². The van der Waals surface area contributed by atoms with Crippen molar-refractivity contribution in [3.05, 3.63) is 34.9 Å². The lowest BCUT2D eigenvalue weighted by Crippen LogP contribution is -2.52. The van der Waals surface area contributed by atoms with Crippen LogP contribution in [0.15, 0.2) is 24.3 Å². The Balaban J connectivity index is 2.00. The molecule has 110 valence electrons. The third-order valence-corrected chi connectivity index (χ3v) is 5.72. The second kappa shape index (κ2) is 6.05. The smallest absolute Gasteiger partial charge is 0.0634 e. The molecule has 1 saturated heterocycles. The highest BCUT2D eigenvalue weighted by atomic mass is 35.5. The maximum atomic E-state index is 6.48. The molecular weight excluding hydrogens is 270 g/mol. The fraction of sp³-hybridized carbons (Fsp3) is 0.647. The van der Waals surface area contributed by atoms with Crippen molar-refractivity contribution in [3.8, 4) is 0 Å². The molecular formula is C17H24ClNO. The van der Waals surface area contributed by atoms with Crippen LogP contribution in [0, 0.1) is 5.41 Å². The van der Waals surface area contributed by atoms with E-state index in [1.165, 1.54) is 37.7 Å². The summed E-state index contributed by atoms with van der Waals surface area (Å²) in [6.07, 6.45) is 6.64. The third-order valence-electron chi connectivity index (χ3n) is 5.37. The van der Waals surface area contributed by atoms with Crippen LogP contribution in [0.1, 0.15) is 43.6 Å². The van der Waals surface area contributed by atoms with Gasteiger partial charge in [0.05, 0.1) is 6.10 Å². The Morgan fingerprint density at radius 3 is 2.90 bits per heavy atom. The van der Waals surface area contributed by atoms with Crippen molar-refractivity contribution < 1.29 is 4.74 Å². The van der Waals surface area contributed by atoms with Gasteiger partial charge in [0.1, 0.15) is 0 Å². The number of rotatable bonds is 2. The Hall–Kier alpha value is -0.570. The summed E-state index contributed by atoms with van der Waals surface area (Å²) < 4.78 is 5.91. The first kappa shape index (κ1) is 14.4. The highest BCUT2D eigenvalue weighted by molar-refractivity contribution is 6.31. The molecule has 3 unspecified atom stereocenters. The fourth-order valence-corrected chi connectivity index (χ4v) is 4.66. The SMILES string of the molecule is COC1CCCCC12CCNCC2c1ccccc1Cl. The number of hydrogen-bond acceptors (Lipinski definition) is 2. The summed E-state index contributed by atoms with van der Waals surface area (Å²) in [4.78, 5) is 0. The average Bonchev–Trinajstić information content (AvgIpc) is 2.49. The van der Waals surface area contributed by atoms with Gasteiger partial charge in [-0.15, -0.1) is 0 Å². The van der Waals surface area contributed by atoms with Gasteiger partial charge in [0, 0.05) is 30.0 Å². The fourth-order valence-electron chi connectivity index (χ4n) is 4.39. The Kier molecular flexibility index (Phi) is 4.34. The molecule has 3 heteroatoms. The molecule has 0 amide bonds. The van der Waals surface area contributed by atoms with E-state index in [0.717, 1.165) is 18.1 Å². The van der Waals surface area contributed by atoms with Gasteiger partial charge in [-0.05, 0) is 37.4 Å². The van der Waals surface area contributed by atoms with E-state index in [0.29, 0.717) is 12.0 Å². The van der Waals surface area contributed by atoms with Gasteiger partial charge in [-0.2, -0.15) is 0 Å². The van der Waals surface area contributed by atoms with Crippen molar-refractivity contribution in [1.29, 1.82) is 0 Å². The minimum Gasteiger partial charge on any atom is -0.381 e. The van der Waals surface area contributed by atoms with Gasteiger partial charge >= 0.3 is 0 Å². The standard InChI is InChI=1S/C17H24ClNO/c1-20-16-8-4-5-9-17(16)10-11-19-12-14(17)13-6-2-3-7-15(13)18/h2-3,6-7,14,16,19H,4-5,8-12H2,1H3. The molecule has 1 spiro atoms. The quantitative estimate of drug-likeness (QED) is 0.890. The molecule has 1 saturated carbocycles. The molecule has 1 aromatic rings. The zero-order valence-corrected chi connectivity index (χ0v) is 13.0. The Labute approximate surface area is 126 Å². The third kappa shape index (κ3) is 2.38. The van der Waals surface area contributed by atoms with Crippen molar-refractivity contribution in [2.45, 2.75) is 44.1 Å². The second-order valence-corrected chi connectivity index (χ2v) is 6.64. The minimum atomic E-state index is 0.267. The lowest BCUT2D eigenvalue weighted by Gasteiger charge is -2.51. The van der Waals surface area contributed by atoms with Gasteiger partial charge in [0.25, 0.3) is 0 Å². The first-order valence-corrected chi connectivity index (χ1v) is 8.13. The molecule has 3 atom stereocenters.